The Morgan fingerprint density at radius 2 is 1.96 bits per heavy atom. The summed E-state index contributed by atoms with van der Waals surface area (Å²) in [6.07, 6.45) is 0.677. The van der Waals surface area contributed by atoms with Gasteiger partial charge in [-0.15, -0.1) is 0 Å². The van der Waals surface area contributed by atoms with Crippen LogP contribution in [0.1, 0.15) is 13.3 Å². The third kappa shape index (κ3) is 3.27. The number of benzene rings is 2. The summed E-state index contributed by atoms with van der Waals surface area (Å²) in [6.45, 7) is 1.92. The Balaban J connectivity index is 1.81. The first-order chi connectivity index (χ1) is 12.6. The highest BCUT2D eigenvalue weighted by Gasteiger charge is 2.33. The molecule has 1 aliphatic rings. The van der Waals surface area contributed by atoms with Gasteiger partial charge in [-0.2, -0.15) is 0 Å². The van der Waals surface area contributed by atoms with E-state index in [1.165, 1.54) is 11.8 Å². The molecule has 0 unspecified atom stereocenters. The van der Waals surface area contributed by atoms with Crippen LogP contribution in [0.2, 0.25) is 0 Å². The van der Waals surface area contributed by atoms with Crippen LogP contribution < -0.4 is 4.74 Å². The summed E-state index contributed by atoms with van der Waals surface area (Å²) in [5.74, 6) is 0.608. The lowest BCUT2D eigenvalue weighted by Gasteiger charge is -2.12. The van der Waals surface area contributed by atoms with Crippen LogP contribution in [0.4, 0.5) is 0 Å². The van der Waals surface area contributed by atoms with E-state index in [1.807, 2.05) is 43.3 Å². The van der Waals surface area contributed by atoms with Gasteiger partial charge < -0.3 is 9.47 Å². The predicted molar refractivity (Wildman–Crippen MR) is 104 cm³/mol. The van der Waals surface area contributed by atoms with E-state index in [2.05, 4.69) is 18.2 Å². The van der Waals surface area contributed by atoms with Crippen molar-refractivity contribution in [3.05, 3.63) is 54.6 Å². The Labute approximate surface area is 156 Å². The maximum absolute atomic E-state index is 12.0. The molecule has 0 aliphatic carbocycles. The summed E-state index contributed by atoms with van der Waals surface area (Å²) in [5, 5.41) is 1.67. The fourth-order valence-electron chi connectivity index (χ4n) is 3.19. The van der Waals surface area contributed by atoms with Crippen molar-refractivity contribution in [2.75, 3.05) is 7.11 Å². The fourth-order valence-corrected chi connectivity index (χ4v) is 4.34. The van der Waals surface area contributed by atoms with Crippen LogP contribution in [0.5, 0.6) is 5.75 Å². The molecule has 0 radical (unpaired) electrons. The van der Waals surface area contributed by atoms with Crippen LogP contribution in [0.25, 0.3) is 22.0 Å². The van der Waals surface area contributed by atoms with Crippen LogP contribution in [-0.2, 0) is 9.53 Å². The number of thioether (sulfide) groups is 1. The summed E-state index contributed by atoms with van der Waals surface area (Å²) in [4.78, 5) is 16.8. The summed E-state index contributed by atoms with van der Waals surface area (Å²) in [7, 11) is 1.65. The molecule has 3 aromatic rings. The van der Waals surface area contributed by atoms with E-state index in [-0.39, 0.29) is 17.3 Å². The second-order valence-electron chi connectivity index (χ2n) is 6.35. The Kier molecular flexibility index (Phi) is 4.55. The lowest BCUT2D eigenvalue weighted by molar-refractivity contribution is -0.140. The molecule has 0 saturated carbocycles. The van der Waals surface area contributed by atoms with Crippen molar-refractivity contribution < 1.29 is 14.3 Å². The number of hydrogen-bond acceptors (Lipinski definition) is 5. The van der Waals surface area contributed by atoms with Gasteiger partial charge in [-0.1, -0.05) is 42.1 Å². The maximum atomic E-state index is 12.0. The lowest BCUT2D eigenvalue weighted by atomic mass is 10.0. The van der Waals surface area contributed by atoms with Gasteiger partial charge in [0.2, 0.25) is 0 Å². The van der Waals surface area contributed by atoms with Crippen molar-refractivity contribution in [2.24, 2.45) is 0 Å². The summed E-state index contributed by atoms with van der Waals surface area (Å²) in [5.41, 5.74) is 3.07. The van der Waals surface area contributed by atoms with E-state index < -0.39 is 0 Å². The lowest BCUT2D eigenvalue weighted by Crippen LogP contribution is -2.09. The molecular formula is C21H19NO3S. The zero-order chi connectivity index (χ0) is 18.1. The van der Waals surface area contributed by atoms with Gasteiger partial charge in [0.1, 0.15) is 17.1 Å². The minimum atomic E-state index is -0.204. The van der Waals surface area contributed by atoms with Crippen molar-refractivity contribution in [3.8, 4) is 16.9 Å². The van der Waals surface area contributed by atoms with Crippen LogP contribution in [0, 0.1) is 0 Å². The topological polar surface area (TPSA) is 48.4 Å². The monoisotopic (exact) mass is 365 g/mol. The van der Waals surface area contributed by atoms with E-state index in [4.69, 9.17) is 14.5 Å². The average Bonchev–Trinajstić information content (AvgIpc) is 2.98. The van der Waals surface area contributed by atoms with Gasteiger partial charge in [0.15, 0.2) is 0 Å². The average molecular weight is 365 g/mol. The van der Waals surface area contributed by atoms with Crippen molar-refractivity contribution in [1.29, 1.82) is 0 Å². The number of ether oxygens (including phenoxy) is 2. The van der Waals surface area contributed by atoms with E-state index in [0.29, 0.717) is 6.42 Å². The highest BCUT2D eigenvalue weighted by Crippen LogP contribution is 2.37. The number of cyclic esters (lactones) is 1. The second kappa shape index (κ2) is 7.00. The standard InChI is InChI=1S/C21H19NO3S/c1-13-10-19(21(23)25-13)26-20-12-17(14-6-4-3-5-7-14)16-9-8-15(24-2)11-18(16)22-20/h3-9,11-13,19H,10H2,1-2H3/t13-,19-/m0/s1. The van der Waals surface area contributed by atoms with Gasteiger partial charge in [0.05, 0.1) is 17.7 Å². The Morgan fingerprint density at radius 1 is 1.15 bits per heavy atom. The van der Waals surface area contributed by atoms with Crippen LogP contribution >= 0.6 is 11.8 Å². The minimum Gasteiger partial charge on any atom is -0.497 e. The Morgan fingerprint density at radius 3 is 2.65 bits per heavy atom. The molecular weight excluding hydrogens is 346 g/mol. The predicted octanol–water partition coefficient (Wildman–Crippen LogP) is 4.71. The SMILES string of the molecule is COc1ccc2c(-c3ccccc3)cc(S[C@H]3C[C@H](C)OC3=O)nc2c1. The van der Waals surface area contributed by atoms with E-state index in [0.717, 1.165) is 32.8 Å². The Hall–Kier alpha value is -2.53. The zero-order valence-electron chi connectivity index (χ0n) is 14.6. The molecule has 2 aromatic carbocycles. The number of hydrogen-bond donors (Lipinski definition) is 0. The molecule has 132 valence electrons. The quantitative estimate of drug-likeness (QED) is 0.627. The third-order valence-corrected chi connectivity index (χ3v) is 5.59. The normalized spacial score (nSPS) is 19.5. The van der Waals surface area contributed by atoms with Crippen molar-refractivity contribution in [1.82, 2.24) is 4.98 Å². The van der Waals surface area contributed by atoms with Crippen LogP contribution in [-0.4, -0.2) is 29.4 Å². The number of carbonyl (C=O) groups excluding carboxylic acids is 1. The number of fused-ring (bicyclic) bond motifs is 1. The first-order valence-corrected chi connectivity index (χ1v) is 9.43. The van der Waals surface area contributed by atoms with Crippen molar-refractivity contribution in [3.63, 3.8) is 0 Å². The molecule has 1 aliphatic heterocycles. The molecule has 1 fully saturated rings. The summed E-state index contributed by atoms with van der Waals surface area (Å²) >= 11 is 1.47. The molecule has 5 heteroatoms. The van der Waals surface area contributed by atoms with Crippen LogP contribution in [0.15, 0.2) is 59.6 Å². The molecule has 26 heavy (non-hydrogen) atoms. The van der Waals surface area contributed by atoms with Gasteiger partial charge >= 0.3 is 5.97 Å². The van der Waals surface area contributed by atoms with Crippen LogP contribution in [0.3, 0.4) is 0 Å². The smallest absolute Gasteiger partial charge is 0.319 e. The number of nitrogens with zero attached hydrogens (tertiary/aromatic N) is 1. The molecule has 0 amide bonds. The third-order valence-electron chi connectivity index (χ3n) is 4.47. The molecule has 0 spiro atoms. The number of carbonyl (C=O) groups is 1. The first kappa shape index (κ1) is 16.9. The molecule has 0 bridgehead atoms. The first-order valence-electron chi connectivity index (χ1n) is 8.55. The molecule has 4 rings (SSSR count). The number of esters is 1. The van der Waals surface area contributed by atoms with Gasteiger partial charge in [0, 0.05) is 17.9 Å². The fraction of sp³-hybridized carbons (Fsp3) is 0.238. The largest absolute Gasteiger partial charge is 0.497 e. The Bertz CT molecular complexity index is 958. The number of methoxy groups -OCH3 is 1. The molecule has 2 atom stereocenters. The number of pyridine rings is 1. The summed E-state index contributed by atoms with van der Waals surface area (Å²) in [6, 6.07) is 18.2. The highest BCUT2D eigenvalue weighted by molar-refractivity contribution is 8.00. The van der Waals surface area contributed by atoms with Gasteiger partial charge in [-0.05, 0) is 36.2 Å². The summed E-state index contributed by atoms with van der Waals surface area (Å²) < 4.78 is 10.6. The number of rotatable bonds is 4. The zero-order valence-corrected chi connectivity index (χ0v) is 15.5. The molecule has 4 nitrogen and oxygen atoms in total. The molecule has 1 saturated heterocycles. The maximum Gasteiger partial charge on any atom is 0.319 e. The highest BCUT2D eigenvalue weighted by atomic mass is 32.2. The minimum absolute atomic E-state index is 0.0332. The number of aromatic nitrogens is 1. The van der Waals surface area contributed by atoms with Crippen molar-refractivity contribution >= 4 is 28.6 Å². The van der Waals surface area contributed by atoms with E-state index in [1.54, 1.807) is 7.11 Å². The van der Waals surface area contributed by atoms with Gasteiger partial charge in [-0.25, -0.2) is 4.98 Å². The van der Waals surface area contributed by atoms with E-state index in [9.17, 15) is 4.79 Å². The van der Waals surface area contributed by atoms with Gasteiger partial charge in [-0.3, -0.25) is 4.79 Å². The van der Waals surface area contributed by atoms with E-state index >= 15 is 0 Å². The molecule has 0 N–H and O–H groups in total. The van der Waals surface area contributed by atoms with Crippen molar-refractivity contribution in [2.45, 2.75) is 29.7 Å². The van der Waals surface area contributed by atoms with Gasteiger partial charge in [0.25, 0.3) is 0 Å². The second-order valence-corrected chi connectivity index (χ2v) is 7.57. The molecule has 2 heterocycles. The molecule has 1 aromatic heterocycles.